The molecule has 2 atom stereocenters. The topological polar surface area (TPSA) is 61.4 Å². The number of fused-ring (bicyclic) bond motifs is 1. The minimum Gasteiger partial charge on any atom is -0.342 e. The van der Waals surface area contributed by atoms with E-state index in [0.29, 0.717) is 16.7 Å². The molecule has 0 radical (unpaired) electrons. The monoisotopic (exact) mass is 343 g/mol. The van der Waals surface area contributed by atoms with Gasteiger partial charge in [0.15, 0.2) is 0 Å². The lowest BCUT2D eigenvalue weighted by Crippen LogP contribution is -2.40. The second kappa shape index (κ2) is 7.94. The molecular weight excluding hydrogens is 322 g/mol. The summed E-state index contributed by atoms with van der Waals surface area (Å²) < 4.78 is 0. The molecular formula is C15H22ClN3O2S. The first-order valence-corrected chi connectivity index (χ1v) is 8.42. The van der Waals surface area contributed by atoms with Crippen LogP contribution < -0.4 is 10.6 Å². The Morgan fingerprint density at radius 2 is 1.95 bits per heavy atom. The zero-order chi connectivity index (χ0) is 14.7. The molecule has 122 valence electrons. The van der Waals surface area contributed by atoms with Crippen molar-refractivity contribution in [1.29, 1.82) is 0 Å². The maximum atomic E-state index is 12.2. The molecule has 0 aliphatic carbocycles. The van der Waals surface area contributed by atoms with Crippen molar-refractivity contribution >= 4 is 35.6 Å². The maximum absolute atomic E-state index is 12.2. The van der Waals surface area contributed by atoms with Gasteiger partial charge in [0.2, 0.25) is 5.91 Å². The van der Waals surface area contributed by atoms with E-state index in [1.807, 2.05) is 16.3 Å². The van der Waals surface area contributed by atoms with E-state index < -0.39 is 0 Å². The van der Waals surface area contributed by atoms with Gasteiger partial charge in [0.05, 0.1) is 11.4 Å². The average Bonchev–Trinajstić information content (AvgIpc) is 3.13. The van der Waals surface area contributed by atoms with Gasteiger partial charge in [-0.3, -0.25) is 9.59 Å². The molecule has 2 aliphatic heterocycles. The third kappa shape index (κ3) is 4.00. The van der Waals surface area contributed by atoms with E-state index in [4.69, 9.17) is 0 Å². The Hall–Kier alpha value is -1.11. The zero-order valence-corrected chi connectivity index (χ0v) is 14.0. The summed E-state index contributed by atoms with van der Waals surface area (Å²) in [4.78, 5) is 26.6. The number of rotatable bonds is 3. The van der Waals surface area contributed by atoms with Crippen LogP contribution in [0.5, 0.6) is 0 Å². The summed E-state index contributed by atoms with van der Waals surface area (Å²) in [5, 5.41) is 8.01. The first kappa shape index (κ1) is 17.2. The van der Waals surface area contributed by atoms with Gasteiger partial charge in [-0.05, 0) is 49.2 Å². The molecule has 2 aliphatic rings. The van der Waals surface area contributed by atoms with Crippen molar-refractivity contribution < 1.29 is 9.59 Å². The minimum absolute atomic E-state index is 0. The van der Waals surface area contributed by atoms with E-state index in [1.54, 1.807) is 6.07 Å². The van der Waals surface area contributed by atoms with E-state index in [-0.39, 0.29) is 30.8 Å². The normalized spacial score (nSPS) is 24.1. The molecule has 0 spiro atoms. The summed E-state index contributed by atoms with van der Waals surface area (Å²) in [5.41, 5.74) is 0. The van der Waals surface area contributed by atoms with Crippen LogP contribution in [-0.4, -0.2) is 49.4 Å². The zero-order valence-electron chi connectivity index (χ0n) is 12.4. The summed E-state index contributed by atoms with van der Waals surface area (Å²) in [7, 11) is 0. The predicted octanol–water partition coefficient (Wildman–Crippen LogP) is 1.36. The summed E-state index contributed by atoms with van der Waals surface area (Å²) in [6.07, 6.45) is 2.14. The lowest BCUT2D eigenvalue weighted by molar-refractivity contribution is -0.130. The molecule has 7 heteroatoms. The largest absolute Gasteiger partial charge is 0.342 e. The Bertz CT molecular complexity index is 495. The fourth-order valence-corrected chi connectivity index (χ4v) is 3.87. The number of carbonyl (C=O) groups is 2. The predicted molar refractivity (Wildman–Crippen MR) is 89.6 cm³/mol. The van der Waals surface area contributed by atoms with Crippen LogP contribution in [0.3, 0.4) is 0 Å². The molecule has 2 N–H and O–H groups in total. The molecule has 22 heavy (non-hydrogen) atoms. The first-order chi connectivity index (χ1) is 10.2. The van der Waals surface area contributed by atoms with Crippen molar-refractivity contribution in [3.8, 4) is 0 Å². The number of thiophene rings is 1. The third-order valence-electron chi connectivity index (χ3n) is 4.52. The SMILES string of the molecule is Cl.O=C(NCC(=O)N1CC[C@@H]2CNC[C@@H]2CC1)c1cccs1. The molecule has 1 aromatic heterocycles. The second-order valence-electron chi connectivity index (χ2n) is 5.80. The lowest BCUT2D eigenvalue weighted by Gasteiger charge is -2.21. The Kier molecular flexibility index (Phi) is 6.23. The minimum atomic E-state index is -0.158. The van der Waals surface area contributed by atoms with Crippen molar-refractivity contribution in [3.05, 3.63) is 22.4 Å². The van der Waals surface area contributed by atoms with Gasteiger partial charge < -0.3 is 15.5 Å². The van der Waals surface area contributed by atoms with Gasteiger partial charge in [-0.15, -0.1) is 23.7 Å². The van der Waals surface area contributed by atoms with Crippen LogP contribution in [0.25, 0.3) is 0 Å². The van der Waals surface area contributed by atoms with E-state index in [1.165, 1.54) is 11.3 Å². The number of halogens is 1. The molecule has 3 heterocycles. The number of hydrogen-bond acceptors (Lipinski definition) is 4. The molecule has 3 rings (SSSR count). The number of hydrogen-bond donors (Lipinski definition) is 2. The van der Waals surface area contributed by atoms with Gasteiger partial charge >= 0.3 is 0 Å². The van der Waals surface area contributed by atoms with Gasteiger partial charge in [0.1, 0.15) is 0 Å². The van der Waals surface area contributed by atoms with Crippen LogP contribution in [-0.2, 0) is 4.79 Å². The molecule has 2 saturated heterocycles. The molecule has 2 fully saturated rings. The highest BCUT2D eigenvalue weighted by Crippen LogP contribution is 2.26. The standard InChI is InChI=1S/C15H21N3O2S.ClH/c19-14(10-17-15(20)13-2-1-7-21-13)18-5-3-11-8-16-9-12(11)4-6-18;/h1-2,7,11-12,16H,3-6,8-10H2,(H,17,20);1H/t11-,12+;. The lowest BCUT2D eigenvalue weighted by atomic mass is 9.92. The van der Waals surface area contributed by atoms with Crippen LogP contribution >= 0.6 is 23.7 Å². The third-order valence-corrected chi connectivity index (χ3v) is 5.39. The van der Waals surface area contributed by atoms with Crippen molar-refractivity contribution in [1.82, 2.24) is 15.5 Å². The van der Waals surface area contributed by atoms with Crippen LogP contribution in [0.15, 0.2) is 17.5 Å². The first-order valence-electron chi connectivity index (χ1n) is 7.54. The highest BCUT2D eigenvalue weighted by atomic mass is 35.5. The van der Waals surface area contributed by atoms with Crippen LogP contribution in [0.4, 0.5) is 0 Å². The number of carbonyl (C=O) groups excluding carboxylic acids is 2. The molecule has 0 saturated carbocycles. The fraction of sp³-hybridized carbons (Fsp3) is 0.600. The molecule has 2 amide bonds. The fourth-order valence-electron chi connectivity index (χ4n) is 3.23. The smallest absolute Gasteiger partial charge is 0.261 e. The van der Waals surface area contributed by atoms with Gasteiger partial charge in [0.25, 0.3) is 5.91 Å². The van der Waals surface area contributed by atoms with Crippen molar-refractivity contribution in [3.63, 3.8) is 0 Å². The molecule has 5 nitrogen and oxygen atoms in total. The molecule has 0 unspecified atom stereocenters. The van der Waals surface area contributed by atoms with E-state index in [0.717, 1.165) is 39.0 Å². The van der Waals surface area contributed by atoms with Crippen molar-refractivity contribution in [2.75, 3.05) is 32.7 Å². The Balaban J connectivity index is 0.00000176. The van der Waals surface area contributed by atoms with Gasteiger partial charge in [-0.25, -0.2) is 0 Å². The summed E-state index contributed by atoms with van der Waals surface area (Å²) >= 11 is 1.39. The second-order valence-corrected chi connectivity index (χ2v) is 6.74. The van der Waals surface area contributed by atoms with E-state index in [2.05, 4.69) is 10.6 Å². The van der Waals surface area contributed by atoms with E-state index in [9.17, 15) is 9.59 Å². The Labute approximate surface area is 140 Å². The number of amides is 2. The Morgan fingerprint density at radius 1 is 1.27 bits per heavy atom. The molecule has 0 aromatic carbocycles. The molecule has 0 bridgehead atoms. The number of likely N-dealkylation sites (tertiary alicyclic amines) is 1. The molecule has 1 aromatic rings. The summed E-state index contributed by atoms with van der Waals surface area (Å²) in [5.74, 6) is 1.30. The van der Waals surface area contributed by atoms with Crippen molar-refractivity contribution in [2.24, 2.45) is 11.8 Å². The Morgan fingerprint density at radius 3 is 2.55 bits per heavy atom. The van der Waals surface area contributed by atoms with E-state index >= 15 is 0 Å². The van der Waals surface area contributed by atoms with Crippen LogP contribution in [0, 0.1) is 11.8 Å². The number of nitrogens with one attached hydrogen (secondary N) is 2. The quantitative estimate of drug-likeness (QED) is 0.871. The summed E-state index contributed by atoms with van der Waals surface area (Å²) in [6, 6.07) is 3.60. The highest BCUT2D eigenvalue weighted by molar-refractivity contribution is 7.12. The van der Waals surface area contributed by atoms with Crippen LogP contribution in [0.2, 0.25) is 0 Å². The number of nitrogens with zero attached hydrogens (tertiary/aromatic N) is 1. The van der Waals surface area contributed by atoms with Gasteiger partial charge in [-0.1, -0.05) is 6.07 Å². The maximum Gasteiger partial charge on any atom is 0.261 e. The van der Waals surface area contributed by atoms with Crippen molar-refractivity contribution in [2.45, 2.75) is 12.8 Å². The van der Waals surface area contributed by atoms with Crippen LogP contribution in [0.1, 0.15) is 22.5 Å². The highest BCUT2D eigenvalue weighted by Gasteiger charge is 2.31. The average molecular weight is 344 g/mol. The summed E-state index contributed by atoms with van der Waals surface area (Å²) in [6.45, 7) is 3.90. The van der Waals surface area contributed by atoms with Gasteiger partial charge in [-0.2, -0.15) is 0 Å². The van der Waals surface area contributed by atoms with Gasteiger partial charge in [0, 0.05) is 13.1 Å².